The van der Waals surface area contributed by atoms with E-state index in [1.807, 2.05) is 6.07 Å². The summed E-state index contributed by atoms with van der Waals surface area (Å²) in [7, 11) is 0. The second kappa shape index (κ2) is 6.29. The third-order valence-electron chi connectivity index (χ3n) is 5.05. The van der Waals surface area contributed by atoms with Crippen LogP contribution < -0.4 is 5.73 Å². The number of fused-ring (bicyclic) bond motifs is 1. The molecular formula is C20H19N3O3. The van der Waals surface area contributed by atoms with E-state index in [0.29, 0.717) is 11.6 Å². The minimum Gasteiger partial charge on any atom is -0.478 e. The number of rotatable bonds is 4. The summed E-state index contributed by atoms with van der Waals surface area (Å²) < 4.78 is 2.23. The number of hydrogen-bond acceptors (Lipinski definition) is 3. The Morgan fingerprint density at radius 1 is 1.04 bits per heavy atom. The number of nitrogens with two attached hydrogens (primary N) is 1. The van der Waals surface area contributed by atoms with Crippen molar-refractivity contribution in [1.29, 1.82) is 0 Å². The predicted octanol–water partition coefficient (Wildman–Crippen LogP) is 3.62. The number of carboxylic acids is 1. The maximum atomic E-state index is 11.5. The number of hydrogen-bond donors (Lipinski definition) is 2. The summed E-state index contributed by atoms with van der Waals surface area (Å²) in [4.78, 5) is 27.4. The summed E-state index contributed by atoms with van der Waals surface area (Å²) in [5, 5.41) is 9.11. The quantitative estimate of drug-likeness (QED) is 0.751. The van der Waals surface area contributed by atoms with Gasteiger partial charge in [0.1, 0.15) is 5.82 Å². The van der Waals surface area contributed by atoms with Gasteiger partial charge in [-0.1, -0.05) is 25.0 Å². The lowest BCUT2D eigenvalue weighted by atomic mass is 10.1. The Kier molecular flexibility index (Phi) is 3.95. The van der Waals surface area contributed by atoms with Gasteiger partial charge >= 0.3 is 5.97 Å². The van der Waals surface area contributed by atoms with Gasteiger partial charge in [-0.2, -0.15) is 0 Å². The van der Waals surface area contributed by atoms with Gasteiger partial charge in [-0.25, -0.2) is 9.78 Å². The zero-order chi connectivity index (χ0) is 18.3. The fourth-order valence-corrected chi connectivity index (χ4v) is 3.75. The van der Waals surface area contributed by atoms with E-state index in [-0.39, 0.29) is 5.56 Å². The number of imidazole rings is 1. The van der Waals surface area contributed by atoms with E-state index in [1.54, 1.807) is 36.4 Å². The molecule has 26 heavy (non-hydrogen) atoms. The Balaban J connectivity index is 1.90. The van der Waals surface area contributed by atoms with Gasteiger partial charge in [-0.15, -0.1) is 0 Å². The van der Waals surface area contributed by atoms with Crippen molar-refractivity contribution in [3.05, 3.63) is 53.6 Å². The van der Waals surface area contributed by atoms with Gasteiger partial charge in [0, 0.05) is 17.2 Å². The molecule has 1 amide bonds. The molecule has 3 aromatic rings. The molecule has 1 aliphatic carbocycles. The molecule has 0 atom stereocenters. The number of primary amides is 1. The molecule has 0 bridgehead atoms. The molecule has 4 rings (SSSR count). The average molecular weight is 349 g/mol. The van der Waals surface area contributed by atoms with Crippen molar-refractivity contribution in [2.45, 2.75) is 31.7 Å². The number of carbonyl (C=O) groups excluding carboxylic acids is 1. The van der Waals surface area contributed by atoms with Gasteiger partial charge in [0.25, 0.3) is 0 Å². The molecule has 0 spiro atoms. The van der Waals surface area contributed by atoms with E-state index in [2.05, 4.69) is 4.57 Å². The monoisotopic (exact) mass is 349 g/mol. The summed E-state index contributed by atoms with van der Waals surface area (Å²) in [6, 6.07) is 12.4. The Morgan fingerprint density at radius 2 is 1.69 bits per heavy atom. The van der Waals surface area contributed by atoms with Gasteiger partial charge in [0.15, 0.2) is 0 Å². The normalized spacial score (nSPS) is 14.8. The molecule has 132 valence electrons. The third kappa shape index (κ3) is 2.73. The Bertz CT molecular complexity index is 999. The van der Waals surface area contributed by atoms with Crippen LogP contribution in [0.5, 0.6) is 0 Å². The molecule has 2 aromatic carbocycles. The molecule has 1 saturated carbocycles. The number of carboxylic acid groups (broad SMARTS) is 1. The molecule has 1 fully saturated rings. The molecular weight excluding hydrogens is 330 g/mol. The van der Waals surface area contributed by atoms with Crippen molar-refractivity contribution in [2.75, 3.05) is 0 Å². The number of aromatic nitrogens is 2. The minimum absolute atomic E-state index is 0.244. The molecule has 6 nitrogen and oxygen atoms in total. The van der Waals surface area contributed by atoms with E-state index in [1.165, 1.54) is 12.8 Å². The molecule has 0 unspecified atom stereocenters. The van der Waals surface area contributed by atoms with Crippen molar-refractivity contribution in [3.63, 3.8) is 0 Å². The lowest BCUT2D eigenvalue weighted by Gasteiger charge is -2.16. The largest absolute Gasteiger partial charge is 0.478 e. The Morgan fingerprint density at radius 3 is 2.31 bits per heavy atom. The maximum Gasteiger partial charge on any atom is 0.335 e. The number of nitrogens with zero attached hydrogens (tertiary/aromatic N) is 2. The summed E-state index contributed by atoms with van der Waals surface area (Å²) in [5.74, 6) is -0.632. The van der Waals surface area contributed by atoms with Crippen LogP contribution in [0.25, 0.3) is 22.4 Å². The smallest absolute Gasteiger partial charge is 0.335 e. The molecule has 1 heterocycles. The van der Waals surface area contributed by atoms with Crippen molar-refractivity contribution < 1.29 is 14.7 Å². The average Bonchev–Trinajstić information content (AvgIpc) is 3.28. The molecule has 0 aliphatic heterocycles. The highest BCUT2D eigenvalue weighted by Gasteiger charge is 2.24. The standard InChI is InChI=1S/C20H19N3O3/c21-18(24)14-9-10-17-16(11-14)22-19(23(17)15-3-1-2-4-15)12-5-7-13(8-6-12)20(25)26/h5-11,15H,1-4H2,(H2,21,24)(H,25,26). The first-order chi connectivity index (χ1) is 12.5. The molecule has 0 radical (unpaired) electrons. The van der Waals surface area contributed by atoms with E-state index in [0.717, 1.165) is 35.3 Å². The second-order valence-electron chi connectivity index (χ2n) is 6.69. The van der Waals surface area contributed by atoms with Gasteiger partial charge < -0.3 is 15.4 Å². The fourth-order valence-electron chi connectivity index (χ4n) is 3.75. The molecule has 0 saturated heterocycles. The fraction of sp³-hybridized carbons (Fsp3) is 0.250. The summed E-state index contributed by atoms with van der Waals surface area (Å²) in [6.07, 6.45) is 4.54. The third-order valence-corrected chi connectivity index (χ3v) is 5.05. The lowest BCUT2D eigenvalue weighted by Crippen LogP contribution is -2.10. The summed E-state index contributed by atoms with van der Waals surface area (Å²) in [6.45, 7) is 0. The van der Waals surface area contributed by atoms with Gasteiger partial charge in [0.2, 0.25) is 5.91 Å². The number of benzene rings is 2. The van der Waals surface area contributed by atoms with E-state index in [4.69, 9.17) is 15.8 Å². The summed E-state index contributed by atoms with van der Waals surface area (Å²) in [5.41, 5.74) is 8.63. The van der Waals surface area contributed by atoms with E-state index in [9.17, 15) is 9.59 Å². The van der Waals surface area contributed by atoms with Crippen LogP contribution in [0, 0.1) is 0 Å². The second-order valence-corrected chi connectivity index (χ2v) is 6.69. The van der Waals surface area contributed by atoms with Gasteiger partial charge in [-0.3, -0.25) is 4.79 Å². The minimum atomic E-state index is -0.952. The molecule has 1 aliphatic rings. The van der Waals surface area contributed by atoms with Crippen LogP contribution in [0.4, 0.5) is 0 Å². The van der Waals surface area contributed by atoms with Crippen LogP contribution in [-0.4, -0.2) is 26.5 Å². The first-order valence-corrected chi connectivity index (χ1v) is 8.70. The first-order valence-electron chi connectivity index (χ1n) is 8.70. The Hall–Kier alpha value is -3.15. The van der Waals surface area contributed by atoms with Crippen LogP contribution in [0.1, 0.15) is 52.4 Å². The van der Waals surface area contributed by atoms with E-state index >= 15 is 0 Å². The van der Waals surface area contributed by atoms with Crippen molar-refractivity contribution >= 4 is 22.9 Å². The van der Waals surface area contributed by atoms with Gasteiger partial charge in [-0.05, 0) is 43.2 Å². The van der Waals surface area contributed by atoms with Crippen molar-refractivity contribution in [1.82, 2.24) is 9.55 Å². The molecule has 3 N–H and O–H groups in total. The summed E-state index contributed by atoms with van der Waals surface area (Å²) >= 11 is 0. The van der Waals surface area contributed by atoms with Crippen LogP contribution in [0.3, 0.4) is 0 Å². The number of carbonyl (C=O) groups is 2. The van der Waals surface area contributed by atoms with Crippen molar-refractivity contribution in [3.8, 4) is 11.4 Å². The van der Waals surface area contributed by atoms with Gasteiger partial charge in [0.05, 0.1) is 16.6 Å². The molecule has 1 aromatic heterocycles. The first kappa shape index (κ1) is 16.3. The number of amides is 1. The van der Waals surface area contributed by atoms with Crippen molar-refractivity contribution in [2.24, 2.45) is 5.73 Å². The maximum absolute atomic E-state index is 11.5. The zero-order valence-electron chi connectivity index (χ0n) is 14.2. The SMILES string of the molecule is NC(=O)c1ccc2c(c1)nc(-c1ccc(C(=O)O)cc1)n2C1CCCC1. The highest BCUT2D eigenvalue weighted by molar-refractivity contribution is 5.97. The van der Waals surface area contributed by atoms with Crippen LogP contribution in [-0.2, 0) is 0 Å². The van der Waals surface area contributed by atoms with Crippen LogP contribution in [0.15, 0.2) is 42.5 Å². The van der Waals surface area contributed by atoms with E-state index < -0.39 is 11.9 Å². The lowest BCUT2D eigenvalue weighted by molar-refractivity contribution is 0.0696. The number of aromatic carboxylic acids is 1. The van der Waals surface area contributed by atoms with Crippen LogP contribution in [0.2, 0.25) is 0 Å². The van der Waals surface area contributed by atoms with Crippen LogP contribution >= 0.6 is 0 Å². The zero-order valence-corrected chi connectivity index (χ0v) is 14.2. The highest BCUT2D eigenvalue weighted by atomic mass is 16.4. The topological polar surface area (TPSA) is 98.2 Å². The highest BCUT2D eigenvalue weighted by Crippen LogP contribution is 2.37. The molecule has 6 heteroatoms. The predicted molar refractivity (Wildman–Crippen MR) is 98.2 cm³/mol. The Labute approximate surface area is 150 Å².